The first-order chi connectivity index (χ1) is 9.17. The number of carbonyl (C=O) groups is 1. The van der Waals surface area contributed by atoms with E-state index in [4.69, 9.17) is 4.74 Å². The van der Waals surface area contributed by atoms with E-state index in [2.05, 4.69) is 17.5 Å². The van der Waals surface area contributed by atoms with Gasteiger partial charge < -0.3 is 4.74 Å². The molecule has 0 aromatic heterocycles. The average molecular weight is 262 g/mol. The summed E-state index contributed by atoms with van der Waals surface area (Å²) < 4.78 is 5.09. The Balaban J connectivity index is 2.49. The lowest BCUT2D eigenvalue weighted by Gasteiger charge is -2.04. The fourth-order valence-corrected chi connectivity index (χ4v) is 1.63. The second-order valence-electron chi connectivity index (χ2n) is 4.42. The molecule has 0 aliphatic rings. The van der Waals surface area contributed by atoms with Crippen molar-refractivity contribution in [3.8, 4) is 5.75 Å². The van der Waals surface area contributed by atoms with Gasteiger partial charge in [-0.2, -0.15) is 5.10 Å². The number of hydrogen-bond acceptors (Lipinski definition) is 3. The molecule has 4 nitrogen and oxygen atoms in total. The summed E-state index contributed by atoms with van der Waals surface area (Å²) in [5.41, 5.74) is 4.34. The molecule has 0 saturated heterocycles. The molecular weight excluding hydrogens is 240 g/mol. The molecule has 0 heterocycles. The van der Waals surface area contributed by atoms with Crippen molar-refractivity contribution in [2.75, 3.05) is 7.11 Å². The minimum atomic E-state index is -0.0266. The Labute approximate surface area is 114 Å². The van der Waals surface area contributed by atoms with Crippen LogP contribution in [-0.4, -0.2) is 18.7 Å². The first-order valence-corrected chi connectivity index (χ1v) is 6.65. The van der Waals surface area contributed by atoms with Crippen LogP contribution in [0.15, 0.2) is 29.4 Å². The van der Waals surface area contributed by atoms with Crippen LogP contribution in [0.25, 0.3) is 0 Å². The van der Waals surface area contributed by atoms with Gasteiger partial charge in [0.05, 0.1) is 12.8 Å². The lowest BCUT2D eigenvalue weighted by Crippen LogP contribution is -2.18. The first kappa shape index (κ1) is 15.2. The second-order valence-corrected chi connectivity index (χ2v) is 4.42. The smallest absolute Gasteiger partial charge is 0.240 e. The maximum absolute atomic E-state index is 11.5. The number of nitrogens with zero attached hydrogens (tertiary/aromatic N) is 1. The van der Waals surface area contributed by atoms with Crippen LogP contribution in [0, 0.1) is 0 Å². The van der Waals surface area contributed by atoms with Crippen molar-refractivity contribution in [1.29, 1.82) is 0 Å². The van der Waals surface area contributed by atoms with Gasteiger partial charge in [-0.3, -0.25) is 4.79 Å². The van der Waals surface area contributed by atoms with Gasteiger partial charge in [0.15, 0.2) is 0 Å². The van der Waals surface area contributed by atoms with Crippen molar-refractivity contribution >= 4 is 11.6 Å². The van der Waals surface area contributed by atoms with Crippen LogP contribution < -0.4 is 10.2 Å². The lowest BCUT2D eigenvalue weighted by atomic mass is 10.1. The van der Waals surface area contributed by atoms with E-state index in [1.165, 1.54) is 0 Å². The van der Waals surface area contributed by atoms with Gasteiger partial charge in [0.2, 0.25) is 5.91 Å². The summed E-state index contributed by atoms with van der Waals surface area (Å²) in [5, 5.41) is 4.10. The predicted octanol–water partition coefficient (Wildman–Crippen LogP) is 3.12. The third-order valence-corrected chi connectivity index (χ3v) is 2.86. The monoisotopic (exact) mass is 262 g/mol. The highest BCUT2D eigenvalue weighted by atomic mass is 16.5. The fraction of sp³-hybridized carbons (Fsp3) is 0.467. The van der Waals surface area contributed by atoms with E-state index in [-0.39, 0.29) is 5.91 Å². The molecule has 104 valence electrons. The fourth-order valence-electron chi connectivity index (χ4n) is 1.63. The average Bonchev–Trinajstić information content (AvgIpc) is 2.45. The molecule has 1 amide bonds. The van der Waals surface area contributed by atoms with Crippen LogP contribution in [0.3, 0.4) is 0 Å². The maximum atomic E-state index is 11.5. The summed E-state index contributed by atoms with van der Waals surface area (Å²) in [5.74, 6) is 0.779. The van der Waals surface area contributed by atoms with Crippen LogP contribution in [0.1, 0.15) is 45.1 Å². The summed E-state index contributed by atoms with van der Waals surface area (Å²) in [6.45, 7) is 3.98. The number of nitrogens with one attached hydrogen (secondary N) is 1. The molecule has 0 aliphatic carbocycles. The molecule has 1 aromatic carbocycles. The SMILES string of the molecule is CCCCCC(=O)N/N=C(\C)c1ccc(OC)cc1. The molecule has 0 radical (unpaired) electrons. The van der Waals surface area contributed by atoms with Gasteiger partial charge in [0.25, 0.3) is 0 Å². The largest absolute Gasteiger partial charge is 0.497 e. The number of unbranched alkanes of at least 4 members (excludes halogenated alkanes) is 2. The zero-order valence-electron chi connectivity index (χ0n) is 11.9. The number of hydrazone groups is 1. The number of benzene rings is 1. The normalized spacial score (nSPS) is 11.2. The number of rotatable bonds is 7. The molecule has 0 spiro atoms. The Morgan fingerprint density at radius 2 is 1.95 bits per heavy atom. The van der Waals surface area contributed by atoms with Crippen molar-refractivity contribution in [1.82, 2.24) is 5.43 Å². The predicted molar refractivity (Wildman–Crippen MR) is 77.5 cm³/mol. The minimum absolute atomic E-state index is 0.0266. The van der Waals surface area contributed by atoms with Crippen LogP contribution in [0.2, 0.25) is 0 Å². The molecule has 19 heavy (non-hydrogen) atoms. The standard InChI is InChI=1S/C15H22N2O2/c1-4-5-6-7-15(18)17-16-12(2)13-8-10-14(19-3)11-9-13/h8-11H,4-7H2,1-3H3,(H,17,18)/b16-12+. The molecule has 4 heteroatoms. The molecule has 1 aromatic rings. The van der Waals surface area contributed by atoms with E-state index in [0.29, 0.717) is 6.42 Å². The van der Waals surface area contributed by atoms with E-state index in [9.17, 15) is 4.79 Å². The van der Waals surface area contributed by atoms with Crippen LogP contribution in [0.5, 0.6) is 5.75 Å². The lowest BCUT2D eigenvalue weighted by molar-refractivity contribution is -0.121. The third kappa shape index (κ3) is 5.55. The van der Waals surface area contributed by atoms with E-state index >= 15 is 0 Å². The first-order valence-electron chi connectivity index (χ1n) is 6.65. The van der Waals surface area contributed by atoms with Gasteiger partial charge in [0, 0.05) is 6.42 Å². The molecule has 0 aliphatic heterocycles. The summed E-state index contributed by atoms with van der Waals surface area (Å²) in [6, 6.07) is 7.58. The molecule has 0 saturated carbocycles. The highest BCUT2D eigenvalue weighted by Crippen LogP contribution is 2.11. The summed E-state index contributed by atoms with van der Waals surface area (Å²) in [7, 11) is 1.63. The topological polar surface area (TPSA) is 50.7 Å². The Hall–Kier alpha value is -1.84. The molecule has 1 rings (SSSR count). The zero-order valence-corrected chi connectivity index (χ0v) is 11.9. The van der Waals surface area contributed by atoms with Crippen LogP contribution in [-0.2, 0) is 4.79 Å². The second kappa shape index (κ2) is 8.29. The number of amides is 1. The van der Waals surface area contributed by atoms with Gasteiger partial charge >= 0.3 is 0 Å². The van der Waals surface area contributed by atoms with E-state index in [0.717, 1.165) is 36.3 Å². The van der Waals surface area contributed by atoms with Gasteiger partial charge in [0.1, 0.15) is 5.75 Å². The summed E-state index contributed by atoms with van der Waals surface area (Å²) >= 11 is 0. The highest BCUT2D eigenvalue weighted by Gasteiger charge is 2.01. The van der Waals surface area contributed by atoms with Crippen molar-refractivity contribution in [3.63, 3.8) is 0 Å². The quantitative estimate of drug-likeness (QED) is 0.466. The van der Waals surface area contributed by atoms with E-state index in [1.54, 1.807) is 7.11 Å². The van der Waals surface area contributed by atoms with Gasteiger partial charge in [-0.1, -0.05) is 19.8 Å². The minimum Gasteiger partial charge on any atom is -0.497 e. The van der Waals surface area contributed by atoms with Gasteiger partial charge in [-0.25, -0.2) is 5.43 Å². The van der Waals surface area contributed by atoms with E-state index in [1.807, 2.05) is 31.2 Å². The Kier molecular flexibility index (Phi) is 6.64. The van der Waals surface area contributed by atoms with Gasteiger partial charge in [-0.15, -0.1) is 0 Å². The Bertz CT molecular complexity index is 424. The Morgan fingerprint density at radius 1 is 1.26 bits per heavy atom. The molecule has 0 bridgehead atoms. The summed E-state index contributed by atoms with van der Waals surface area (Å²) in [6.07, 6.45) is 3.64. The van der Waals surface area contributed by atoms with Gasteiger partial charge in [-0.05, 0) is 43.2 Å². The maximum Gasteiger partial charge on any atom is 0.240 e. The Morgan fingerprint density at radius 3 is 2.53 bits per heavy atom. The molecule has 0 atom stereocenters. The third-order valence-electron chi connectivity index (χ3n) is 2.86. The number of methoxy groups -OCH3 is 1. The highest BCUT2D eigenvalue weighted by molar-refractivity contribution is 5.99. The van der Waals surface area contributed by atoms with Crippen LogP contribution >= 0.6 is 0 Å². The van der Waals surface area contributed by atoms with Crippen molar-refractivity contribution < 1.29 is 9.53 Å². The van der Waals surface area contributed by atoms with Crippen molar-refractivity contribution in [3.05, 3.63) is 29.8 Å². The number of carbonyl (C=O) groups excluding carboxylic acids is 1. The van der Waals surface area contributed by atoms with Crippen LogP contribution in [0.4, 0.5) is 0 Å². The van der Waals surface area contributed by atoms with Crippen molar-refractivity contribution in [2.24, 2.45) is 5.10 Å². The number of ether oxygens (including phenoxy) is 1. The van der Waals surface area contributed by atoms with Crippen molar-refractivity contribution in [2.45, 2.75) is 39.5 Å². The molecule has 0 unspecified atom stereocenters. The molecule has 1 N–H and O–H groups in total. The molecular formula is C15H22N2O2. The molecule has 0 fully saturated rings. The number of hydrogen-bond donors (Lipinski definition) is 1. The summed E-state index contributed by atoms with van der Waals surface area (Å²) in [4.78, 5) is 11.5. The zero-order chi connectivity index (χ0) is 14.1. The van der Waals surface area contributed by atoms with E-state index < -0.39 is 0 Å².